The van der Waals surface area contributed by atoms with E-state index in [0.29, 0.717) is 31.1 Å². The van der Waals surface area contributed by atoms with E-state index in [0.717, 1.165) is 13.0 Å². The highest BCUT2D eigenvalue weighted by Gasteiger charge is 2.04. The van der Waals surface area contributed by atoms with Crippen LogP contribution in [0.1, 0.15) is 24.6 Å². The fourth-order valence-electron chi connectivity index (χ4n) is 1.26. The Hall–Kier alpha value is -1.43. The van der Waals surface area contributed by atoms with Gasteiger partial charge in [0.15, 0.2) is 5.82 Å². The predicted octanol–water partition coefficient (Wildman–Crippen LogP) is 0.0363. The molecule has 0 fully saturated rings. The van der Waals surface area contributed by atoms with Gasteiger partial charge in [-0.15, -0.1) is 0 Å². The van der Waals surface area contributed by atoms with Crippen LogP contribution in [-0.2, 0) is 11.2 Å². The molecule has 6 heteroatoms. The lowest BCUT2D eigenvalue weighted by Crippen LogP contribution is -2.26. The topological polar surface area (TPSA) is 80.0 Å². The molecule has 0 saturated carbocycles. The number of aromatic nitrogens is 2. The van der Waals surface area contributed by atoms with Crippen LogP contribution in [-0.4, -0.2) is 36.2 Å². The first kappa shape index (κ1) is 12.6. The molecule has 0 unspecified atom stereocenters. The Morgan fingerprint density at radius 3 is 2.88 bits per heavy atom. The third-order valence-corrected chi connectivity index (χ3v) is 2.06. The van der Waals surface area contributed by atoms with Gasteiger partial charge in [0.1, 0.15) is 0 Å². The highest BCUT2D eigenvalue weighted by molar-refractivity contribution is 5.75. The molecule has 1 heterocycles. The summed E-state index contributed by atoms with van der Waals surface area (Å²) in [6.45, 7) is 3.17. The van der Waals surface area contributed by atoms with Crippen molar-refractivity contribution in [2.24, 2.45) is 0 Å². The molecule has 6 nitrogen and oxygen atoms in total. The first-order valence-corrected chi connectivity index (χ1v) is 5.43. The van der Waals surface area contributed by atoms with Gasteiger partial charge in [-0.2, -0.15) is 4.98 Å². The number of hydrogen-bond acceptors (Lipinski definition) is 5. The van der Waals surface area contributed by atoms with Crippen molar-refractivity contribution >= 4 is 5.91 Å². The van der Waals surface area contributed by atoms with Crippen LogP contribution in [0.25, 0.3) is 0 Å². The second kappa shape index (κ2) is 6.95. The van der Waals surface area contributed by atoms with Gasteiger partial charge in [-0.25, -0.2) is 0 Å². The van der Waals surface area contributed by atoms with Gasteiger partial charge in [0.2, 0.25) is 11.8 Å². The van der Waals surface area contributed by atoms with Crippen LogP contribution in [0.2, 0.25) is 0 Å². The Morgan fingerprint density at radius 2 is 2.25 bits per heavy atom. The summed E-state index contributed by atoms with van der Waals surface area (Å²) in [5.41, 5.74) is 0. The minimum absolute atomic E-state index is 0.0616. The predicted molar refractivity (Wildman–Crippen MR) is 58.9 cm³/mol. The second-order valence-electron chi connectivity index (χ2n) is 3.54. The molecule has 0 atom stereocenters. The van der Waals surface area contributed by atoms with Crippen molar-refractivity contribution in [2.75, 3.05) is 20.1 Å². The zero-order chi connectivity index (χ0) is 11.8. The summed E-state index contributed by atoms with van der Waals surface area (Å²) in [6, 6.07) is 0. The van der Waals surface area contributed by atoms with Crippen LogP contribution < -0.4 is 10.6 Å². The first-order chi connectivity index (χ1) is 7.72. The summed E-state index contributed by atoms with van der Waals surface area (Å²) in [4.78, 5) is 15.4. The van der Waals surface area contributed by atoms with Gasteiger partial charge in [0, 0.05) is 19.4 Å². The molecule has 0 aromatic carbocycles. The molecule has 1 amide bonds. The van der Waals surface area contributed by atoms with E-state index < -0.39 is 0 Å². The van der Waals surface area contributed by atoms with Crippen LogP contribution in [0.5, 0.6) is 0 Å². The summed E-state index contributed by atoms with van der Waals surface area (Å²) in [7, 11) is 1.87. The van der Waals surface area contributed by atoms with Crippen molar-refractivity contribution in [3.05, 3.63) is 11.7 Å². The second-order valence-corrected chi connectivity index (χ2v) is 3.54. The maximum absolute atomic E-state index is 11.3. The van der Waals surface area contributed by atoms with Gasteiger partial charge in [0.05, 0.1) is 0 Å². The summed E-state index contributed by atoms with van der Waals surface area (Å²) >= 11 is 0. The summed E-state index contributed by atoms with van der Waals surface area (Å²) in [5, 5.41) is 9.47. The third-order valence-electron chi connectivity index (χ3n) is 2.06. The maximum atomic E-state index is 11.3. The molecule has 0 aliphatic heterocycles. The minimum Gasteiger partial charge on any atom is -0.356 e. The van der Waals surface area contributed by atoms with Gasteiger partial charge >= 0.3 is 0 Å². The highest BCUT2D eigenvalue weighted by atomic mass is 16.5. The van der Waals surface area contributed by atoms with Gasteiger partial charge in [0.25, 0.3) is 0 Å². The molecule has 0 bridgehead atoms. The lowest BCUT2D eigenvalue weighted by molar-refractivity contribution is -0.121. The van der Waals surface area contributed by atoms with Crippen LogP contribution in [0, 0.1) is 6.92 Å². The Bertz CT molecular complexity index is 324. The number of nitrogens with zero attached hydrogens (tertiary/aromatic N) is 2. The van der Waals surface area contributed by atoms with Crippen molar-refractivity contribution < 1.29 is 9.32 Å². The number of rotatable bonds is 7. The zero-order valence-corrected chi connectivity index (χ0v) is 9.75. The largest absolute Gasteiger partial charge is 0.356 e. The standard InChI is InChI=1S/C10H18N4O2/c1-8-13-10(16-14-8)5-7-12-9(15)4-3-6-11-2/h11H,3-7H2,1-2H3,(H,12,15). The van der Waals surface area contributed by atoms with Crippen LogP contribution in [0.15, 0.2) is 4.52 Å². The fourth-order valence-corrected chi connectivity index (χ4v) is 1.26. The monoisotopic (exact) mass is 226 g/mol. The van der Waals surface area contributed by atoms with Gasteiger partial charge in [-0.3, -0.25) is 4.79 Å². The SMILES string of the molecule is CNCCCC(=O)NCCc1nc(C)no1. The van der Waals surface area contributed by atoms with Crippen LogP contribution in [0.4, 0.5) is 0 Å². The van der Waals surface area contributed by atoms with E-state index in [-0.39, 0.29) is 5.91 Å². The van der Waals surface area contributed by atoms with Crippen molar-refractivity contribution in [3.8, 4) is 0 Å². The lowest BCUT2D eigenvalue weighted by Gasteiger charge is -2.02. The van der Waals surface area contributed by atoms with E-state index in [1.54, 1.807) is 6.92 Å². The van der Waals surface area contributed by atoms with Gasteiger partial charge in [-0.1, -0.05) is 5.16 Å². The van der Waals surface area contributed by atoms with E-state index in [1.165, 1.54) is 0 Å². The molecule has 0 saturated heterocycles. The molecule has 1 aromatic rings. The van der Waals surface area contributed by atoms with Gasteiger partial charge in [-0.05, 0) is 26.9 Å². The molecular weight excluding hydrogens is 208 g/mol. The normalized spacial score (nSPS) is 10.4. The number of carbonyl (C=O) groups is 1. The van der Waals surface area contributed by atoms with E-state index in [2.05, 4.69) is 20.8 Å². The minimum atomic E-state index is 0.0616. The number of carbonyl (C=O) groups excluding carboxylic acids is 1. The van der Waals surface area contributed by atoms with Crippen molar-refractivity contribution in [1.82, 2.24) is 20.8 Å². The molecule has 0 aliphatic rings. The lowest BCUT2D eigenvalue weighted by atomic mass is 10.3. The molecule has 1 aromatic heterocycles. The molecule has 1 rings (SSSR count). The zero-order valence-electron chi connectivity index (χ0n) is 9.75. The Kier molecular flexibility index (Phi) is 5.49. The van der Waals surface area contributed by atoms with Crippen molar-refractivity contribution in [3.63, 3.8) is 0 Å². The molecular formula is C10H18N4O2. The molecule has 0 aliphatic carbocycles. The van der Waals surface area contributed by atoms with Crippen molar-refractivity contribution in [2.45, 2.75) is 26.2 Å². The number of hydrogen-bond donors (Lipinski definition) is 2. The molecule has 90 valence electrons. The van der Waals surface area contributed by atoms with Crippen LogP contribution >= 0.6 is 0 Å². The molecule has 16 heavy (non-hydrogen) atoms. The first-order valence-electron chi connectivity index (χ1n) is 5.43. The highest BCUT2D eigenvalue weighted by Crippen LogP contribution is 1.95. The number of nitrogens with one attached hydrogen (secondary N) is 2. The Morgan fingerprint density at radius 1 is 1.44 bits per heavy atom. The molecule has 2 N–H and O–H groups in total. The average Bonchev–Trinajstić information content (AvgIpc) is 2.65. The maximum Gasteiger partial charge on any atom is 0.228 e. The van der Waals surface area contributed by atoms with Crippen molar-refractivity contribution in [1.29, 1.82) is 0 Å². The van der Waals surface area contributed by atoms with E-state index in [4.69, 9.17) is 4.52 Å². The molecule has 0 radical (unpaired) electrons. The van der Waals surface area contributed by atoms with Crippen LogP contribution in [0.3, 0.4) is 0 Å². The Labute approximate surface area is 94.8 Å². The van der Waals surface area contributed by atoms with E-state index in [9.17, 15) is 4.79 Å². The summed E-state index contributed by atoms with van der Waals surface area (Å²) < 4.78 is 4.92. The average molecular weight is 226 g/mol. The van der Waals surface area contributed by atoms with Gasteiger partial charge < -0.3 is 15.2 Å². The molecule has 0 spiro atoms. The smallest absolute Gasteiger partial charge is 0.228 e. The summed E-state index contributed by atoms with van der Waals surface area (Å²) in [5.74, 6) is 1.25. The fraction of sp³-hybridized carbons (Fsp3) is 0.700. The van der Waals surface area contributed by atoms with E-state index >= 15 is 0 Å². The number of amides is 1. The third kappa shape index (κ3) is 4.88. The quantitative estimate of drug-likeness (QED) is 0.641. The Balaban J connectivity index is 2.08. The summed E-state index contributed by atoms with van der Waals surface area (Å²) in [6.07, 6.45) is 1.98. The van der Waals surface area contributed by atoms with E-state index in [1.807, 2.05) is 7.05 Å². The number of aryl methyl sites for hydroxylation is 1.